The quantitative estimate of drug-likeness (QED) is 0.589. The molecule has 3 nitrogen and oxygen atoms in total. The lowest BCUT2D eigenvalue weighted by atomic mass is 9.85. The van der Waals surface area contributed by atoms with E-state index >= 15 is 0 Å². The summed E-state index contributed by atoms with van der Waals surface area (Å²) < 4.78 is 13.7. The van der Waals surface area contributed by atoms with E-state index in [1.165, 1.54) is 18.2 Å². The second kappa shape index (κ2) is 3.80. The van der Waals surface area contributed by atoms with Crippen molar-refractivity contribution in [3.63, 3.8) is 0 Å². The molecule has 0 aromatic heterocycles. The molecule has 3 fully saturated rings. The Bertz CT molecular complexity index is 736. The molecule has 4 aliphatic rings. The van der Waals surface area contributed by atoms with Crippen molar-refractivity contribution in [1.29, 1.82) is 0 Å². The smallest absolute Gasteiger partial charge is 0.238 e. The topological polar surface area (TPSA) is 37.4 Å². The van der Waals surface area contributed by atoms with Gasteiger partial charge in [0.25, 0.3) is 0 Å². The first-order valence-corrected chi connectivity index (χ1v) is 7.93. The molecule has 0 N–H and O–H groups in total. The summed E-state index contributed by atoms with van der Waals surface area (Å²) in [6.07, 6.45) is 6.46. The highest BCUT2D eigenvalue weighted by atomic mass is 35.5. The van der Waals surface area contributed by atoms with E-state index < -0.39 is 5.82 Å². The molecule has 0 unspecified atom stereocenters. The molecule has 0 radical (unpaired) electrons. The van der Waals surface area contributed by atoms with E-state index in [4.69, 9.17) is 11.6 Å². The lowest BCUT2D eigenvalue weighted by Gasteiger charge is -2.21. The molecule has 1 spiro atoms. The molecule has 1 heterocycles. The van der Waals surface area contributed by atoms with Gasteiger partial charge in [0.1, 0.15) is 5.82 Å². The average Bonchev–Trinajstić information content (AvgIpc) is 3.08. The maximum Gasteiger partial charge on any atom is 0.238 e. The van der Waals surface area contributed by atoms with Crippen LogP contribution in [0.15, 0.2) is 30.4 Å². The Kier molecular flexibility index (Phi) is 2.21. The molecule has 1 aromatic rings. The second-order valence-corrected chi connectivity index (χ2v) is 7.24. The van der Waals surface area contributed by atoms with Gasteiger partial charge in [-0.3, -0.25) is 9.59 Å². The van der Waals surface area contributed by atoms with Crippen LogP contribution in [0.5, 0.6) is 0 Å². The van der Waals surface area contributed by atoms with Crippen LogP contribution in [0, 0.1) is 34.9 Å². The number of carbonyl (C=O) groups excluding carboxylic acids is 2. The number of benzene rings is 1. The summed E-state index contributed by atoms with van der Waals surface area (Å²) in [6.45, 7) is 0. The third-order valence-corrected chi connectivity index (χ3v) is 6.32. The van der Waals surface area contributed by atoms with Gasteiger partial charge in [0.15, 0.2) is 0 Å². The minimum Gasteiger partial charge on any atom is -0.274 e. The van der Waals surface area contributed by atoms with Crippen LogP contribution in [-0.2, 0) is 9.59 Å². The molecule has 1 saturated heterocycles. The predicted molar refractivity (Wildman–Crippen MR) is 78.7 cm³/mol. The van der Waals surface area contributed by atoms with E-state index in [0.717, 1.165) is 17.7 Å². The maximum atomic E-state index is 13.7. The van der Waals surface area contributed by atoms with Crippen LogP contribution in [-0.4, -0.2) is 11.8 Å². The second-order valence-electron chi connectivity index (χ2n) is 6.83. The van der Waals surface area contributed by atoms with Gasteiger partial charge >= 0.3 is 0 Å². The van der Waals surface area contributed by atoms with Crippen LogP contribution in [0.2, 0.25) is 5.02 Å². The molecule has 2 saturated carbocycles. The molecule has 2 bridgehead atoms. The zero-order valence-electron chi connectivity index (χ0n) is 11.6. The van der Waals surface area contributed by atoms with Crippen LogP contribution in [0.1, 0.15) is 12.8 Å². The Morgan fingerprint density at radius 1 is 1.09 bits per heavy atom. The number of fused-ring (bicyclic) bond motifs is 3. The molecule has 5 heteroatoms. The van der Waals surface area contributed by atoms with Crippen molar-refractivity contribution in [2.24, 2.45) is 29.1 Å². The van der Waals surface area contributed by atoms with Gasteiger partial charge < -0.3 is 0 Å². The van der Waals surface area contributed by atoms with Crippen LogP contribution < -0.4 is 4.90 Å². The van der Waals surface area contributed by atoms with Gasteiger partial charge in [-0.1, -0.05) is 23.8 Å². The van der Waals surface area contributed by atoms with Crippen molar-refractivity contribution in [3.05, 3.63) is 41.2 Å². The van der Waals surface area contributed by atoms with Gasteiger partial charge in [-0.15, -0.1) is 0 Å². The standard InChI is InChI=1S/C17H13ClFNO2/c18-11-4-1-8(7-12(11)19)20-15(21)13-9-2-3-10(14(13)16(20)22)17(9)5-6-17/h1-4,7,9-10,13-14H,5-6H2/t9-,10-,13-,14-/m1/s1. The molecule has 2 amide bonds. The van der Waals surface area contributed by atoms with Gasteiger partial charge in [0, 0.05) is 0 Å². The summed E-state index contributed by atoms with van der Waals surface area (Å²) in [5.41, 5.74) is 0.466. The summed E-state index contributed by atoms with van der Waals surface area (Å²) in [5.74, 6) is -1.13. The third-order valence-electron chi connectivity index (χ3n) is 6.01. The molecule has 3 aliphatic carbocycles. The minimum absolute atomic E-state index is 0.0123. The summed E-state index contributed by atoms with van der Waals surface area (Å²) in [6, 6.07) is 4.09. The molecule has 1 aliphatic heterocycles. The van der Waals surface area contributed by atoms with E-state index in [1.54, 1.807) is 0 Å². The predicted octanol–water partition coefficient (Wildman–Crippen LogP) is 3.18. The van der Waals surface area contributed by atoms with Crippen molar-refractivity contribution in [1.82, 2.24) is 0 Å². The minimum atomic E-state index is -0.614. The molecular weight excluding hydrogens is 305 g/mol. The molecular formula is C17H13ClFNO2. The van der Waals surface area contributed by atoms with Crippen LogP contribution in [0.3, 0.4) is 0 Å². The van der Waals surface area contributed by atoms with Gasteiger partial charge in [-0.25, -0.2) is 9.29 Å². The number of carbonyl (C=O) groups is 2. The van der Waals surface area contributed by atoms with Gasteiger partial charge in [0.2, 0.25) is 11.8 Å². The Labute approximate surface area is 131 Å². The van der Waals surface area contributed by atoms with Crippen molar-refractivity contribution in [2.75, 3.05) is 4.90 Å². The fraction of sp³-hybridized carbons (Fsp3) is 0.412. The van der Waals surface area contributed by atoms with E-state index in [9.17, 15) is 14.0 Å². The Morgan fingerprint density at radius 3 is 2.18 bits per heavy atom. The number of amides is 2. The lowest BCUT2D eigenvalue weighted by Crippen LogP contribution is -2.34. The van der Waals surface area contributed by atoms with Crippen molar-refractivity contribution in [2.45, 2.75) is 12.8 Å². The number of hydrogen-bond acceptors (Lipinski definition) is 2. The molecule has 5 rings (SSSR count). The Morgan fingerprint density at radius 2 is 1.68 bits per heavy atom. The van der Waals surface area contributed by atoms with E-state index in [-0.39, 0.29) is 51.6 Å². The van der Waals surface area contributed by atoms with Gasteiger partial charge in [-0.05, 0) is 48.3 Å². The highest BCUT2D eigenvalue weighted by Crippen LogP contribution is 2.73. The summed E-state index contributed by atoms with van der Waals surface area (Å²) >= 11 is 5.68. The normalized spacial score (nSPS) is 36.5. The first-order valence-electron chi connectivity index (χ1n) is 7.56. The summed E-state index contributed by atoms with van der Waals surface area (Å²) in [4.78, 5) is 26.8. The molecule has 22 heavy (non-hydrogen) atoms. The van der Waals surface area contributed by atoms with Crippen molar-refractivity contribution in [3.8, 4) is 0 Å². The summed E-state index contributed by atoms with van der Waals surface area (Å²) in [7, 11) is 0. The number of hydrogen-bond donors (Lipinski definition) is 0. The van der Waals surface area contributed by atoms with E-state index in [2.05, 4.69) is 12.2 Å². The highest BCUT2D eigenvalue weighted by Gasteiger charge is 2.73. The van der Waals surface area contributed by atoms with Gasteiger partial charge in [0.05, 0.1) is 22.5 Å². The fourth-order valence-corrected chi connectivity index (χ4v) is 5.07. The number of halogens is 2. The number of rotatable bonds is 1. The highest BCUT2D eigenvalue weighted by molar-refractivity contribution is 6.31. The van der Waals surface area contributed by atoms with Crippen LogP contribution in [0.25, 0.3) is 0 Å². The monoisotopic (exact) mass is 317 g/mol. The van der Waals surface area contributed by atoms with Crippen LogP contribution in [0.4, 0.5) is 10.1 Å². The first kappa shape index (κ1) is 12.8. The molecule has 112 valence electrons. The number of anilines is 1. The Balaban J connectivity index is 1.57. The average molecular weight is 318 g/mol. The number of nitrogens with zero attached hydrogens (tertiary/aromatic N) is 1. The van der Waals surface area contributed by atoms with E-state index in [1.807, 2.05) is 0 Å². The maximum absolute atomic E-state index is 13.7. The van der Waals surface area contributed by atoms with Crippen LogP contribution >= 0.6 is 11.6 Å². The van der Waals surface area contributed by atoms with Gasteiger partial charge in [-0.2, -0.15) is 0 Å². The molecule has 1 aromatic carbocycles. The first-order chi connectivity index (χ1) is 10.5. The zero-order valence-corrected chi connectivity index (χ0v) is 12.4. The Hall–Kier alpha value is -1.68. The fourth-order valence-electron chi connectivity index (χ4n) is 4.96. The summed E-state index contributed by atoms with van der Waals surface area (Å²) in [5, 5.41) is -0.0123. The van der Waals surface area contributed by atoms with Crippen molar-refractivity contribution < 1.29 is 14.0 Å². The largest absolute Gasteiger partial charge is 0.274 e. The molecule has 4 atom stereocenters. The number of imide groups is 1. The lowest BCUT2D eigenvalue weighted by molar-refractivity contribution is -0.123. The van der Waals surface area contributed by atoms with Crippen molar-refractivity contribution >= 4 is 29.1 Å². The zero-order chi connectivity index (χ0) is 15.2. The number of allylic oxidation sites excluding steroid dienone is 2. The SMILES string of the molecule is O=C1[C@H]2[C@H](C(=O)N1c1ccc(Cl)c(F)c1)[C@H]1C=C[C@H]2C12CC2. The third kappa shape index (κ3) is 1.29. The van der Waals surface area contributed by atoms with E-state index in [0.29, 0.717) is 0 Å².